The number of anilines is 5. The molecule has 0 saturated carbocycles. The summed E-state index contributed by atoms with van der Waals surface area (Å²) >= 11 is 0. The number of amides is 5. The quantitative estimate of drug-likeness (QED) is 0.229. The predicted octanol–water partition coefficient (Wildman–Crippen LogP) is 4.11. The number of piperidine rings is 1. The van der Waals surface area contributed by atoms with E-state index in [9.17, 15) is 24.0 Å². The van der Waals surface area contributed by atoms with Gasteiger partial charge in [0.2, 0.25) is 23.6 Å². The molecule has 3 saturated heterocycles. The summed E-state index contributed by atoms with van der Waals surface area (Å²) in [5.74, 6) is -1.79. The zero-order chi connectivity index (χ0) is 41.3. The highest BCUT2D eigenvalue weighted by atomic mass is 19.1. The van der Waals surface area contributed by atoms with Gasteiger partial charge in [0.25, 0.3) is 11.8 Å². The Hall–Kier alpha value is -6.58. The van der Waals surface area contributed by atoms with Crippen LogP contribution in [0.2, 0.25) is 0 Å². The minimum absolute atomic E-state index is 0.00204. The molecule has 308 valence electrons. The lowest BCUT2D eigenvalue weighted by Gasteiger charge is -2.33. The van der Waals surface area contributed by atoms with Crippen LogP contribution in [0.5, 0.6) is 5.88 Å². The van der Waals surface area contributed by atoms with Crippen LogP contribution in [-0.4, -0.2) is 101 Å². The number of likely N-dealkylation sites (tertiary alicyclic amines) is 1. The fraction of sp³-hybridized carbons (Fsp3) is 0.386. The van der Waals surface area contributed by atoms with Crippen molar-refractivity contribution in [1.82, 2.24) is 25.1 Å². The number of carbonyl (C=O) groups is 5. The van der Waals surface area contributed by atoms with E-state index in [0.29, 0.717) is 38.7 Å². The molecule has 15 nitrogen and oxygen atoms in total. The maximum absolute atomic E-state index is 15.6. The predicted molar refractivity (Wildman–Crippen MR) is 219 cm³/mol. The minimum atomic E-state index is -1.12. The molecule has 0 aliphatic carbocycles. The highest BCUT2D eigenvalue weighted by molar-refractivity contribution is 6.23. The maximum Gasteiger partial charge on any atom is 0.262 e. The van der Waals surface area contributed by atoms with Crippen LogP contribution >= 0.6 is 0 Å². The Labute approximate surface area is 345 Å². The van der Waals surface area contributed by atoms with Crippen molar-refractivity contribution in [3.05, 3.63) is 94.1 Å². The van der Waals surface area contributed by atoms with Crippen molar-refractivity contribution in [2.24, 2.45) is 5.41 Å². The zero-order valence-electron chi connectivity index (χ0n) is 33.2. The van der Waals surface area contributed by atoms with E-state index >= 15 is 4.39 Å². The second-order valence-electron chi connectivity index (χ2n) is 16.8. The number of hydrogen-bond acceptors (Lipinski definition) is 12. The van der Waals surface area contributed by atoms with Gasteiger partial charge in [0.05, 0.1) is 35.1 Å². The van der Waals surface area contributed by atoms with Crippen LogP contribution in [0.3, 0.4) is 0 Å². The van der Waals surface area contributed by atoms with Crippen LogP contribution in [0, 0.1) is 18.2 Å². The number of pyridine rings is 2. The Bertz CT molecular complexity index is 2500. The van der Waals surface area contributed by atoms with Gasteiger partial charge in [-0.05, 0) is 79.6 Å². The van der Waals surface area contributed by atoms with Gasteiger partial charge in [-0.25, -0.2) is 14.4 Å². The van der Waals surface area contributed by atoms with Crippen molar-refractivity contribution in [1.29, 1.82) is 0 Å². The van der Waals surface area contributed by atoms with Crippen LogP contribution in [0.25, 0.3) is 0 Å². The van der Waals surface area contributed by atoms with Crippen molar-refractivity contribution in [3.63, 3.8) is 0 Å². The van der Waals surface area contributed by atoms with Gasteiger partial charge in [0.1, 0.15) is 30.0 Å². The standard InChI is InChI=1S/C44H44FN9O6/c1-25-35(21-48-41-39(25)46-11-15-60-41)51-12-8-27-20-47-36(17-28(27)22-51)49-29-4-2-26(3-5-29)16-38(56)53-14-10-44(24-53)9-13-52(23-44)34-19-31-30(18-32(34)45)42(58)54(43(31)59)33-6-7-37(55)50-40(33)57/h2-5,17-21,33,46H,6-16,22-24H2,1H3,(H,47,49)(H,50,55,57). The number of nitrogens with zero attached hydrogens (tertiary/aromatic N) is 6. The molecule has 2 aromatic heterocycles. The summed E-state index contributed by atoms with van der Waals surface area (Å²) < 4.78 is 21.4. The molecule has 6 aliphatic rings. The van der Waals surface area contributed by atoms with E-state index in [1.807, 2.05) is 46.5 Å². The van der Waals surface area contributed by atoms with E-state index in [4.69, 9.17) is 4.74 Å². The topological polar surface area (TPSA) is 169 Å². The summed E-state index contributed by atoms with van der Waals surface area (Å²) in [5.41, 5.74) is 7.34. The molecule has 2 atom stereocenters. The summed E-state index contributed by atoms with van der Waals surface area (Å²) in [6, 6.07) is 11.3. The van der Waals surface area contributed by atoms with Gasteiger partial charge in [-0.3, -0.25) is 34.2 Å². The van der Waals surface area contributed by atoms with Gasteiger partial charge in [-0.1, -0.05) is 12.1 Å². The van der Waals surface area contributed by atoms with E-state index in [0.717, 1.165) is 83.9 Å². The Morgan fingerprint density at radius 1 is 0.917 bits per heavy atom. The maximum atomic E-state index is 15.6. The smallest absolute Gasteiger partial charge is 0.262 e. The number of nitrogens with one attached hydrogen (secondary N) is 3. The number of hydrogen-bond donors (Lipinski definition) is 3. The molecule has 10 rings (SSSR count). The second kappa shape index (κ2) is 14.6. The van der Waals surface area contributed by atoms with Crippen LogP contribution in [0.15, 0.2) is 54.9 Å². The molecule has 3 N–H and O–H groups in total. The van der Waals surface area contributed by atoms with Crippen LogP contribution < -0.4 is 30.5 Å². The van der Waals surface area contributed by atoms with Gasteiger partial charge in [0, 0.05) is 75.1 Å². The number of aromatic nitrogens is 2. The summed E-state index contributed by atoms with van der Waals surface area (Å²) in [6.07, 6.45) is 6.54. The third-order valence-corrected chi connectivity index (χ3v) is 13.0. The Morgan fingerprint density at radius 3 is 2.53 bits per heavy atom. The number of rotatable bonds is 7. The van der Waals surface area contributed by atoms with Crippen LogP contribution in [0.4, 0.5) is 33.0 Å². The lowest BCUT2D eigenvalue weighted by Crippen LogP contribution is -2.54. The molecule has 1 spiro atoms. The number of carbonyl (C=O) groups excluding carboxylic acids is 5. The van der Waals surface area contributed by atoms with Crippen molar-refractivity contribution >= 4 is 58.1 Å². The first-order chi connectivity index (χ1) is 29.0. The number of halogens is 1. The lowest BCUT2D eigenvalue weighted by molar-refractivity contribution is -0.136. The lowest BCUT2D eigenvalue weighted by atomic mass is 9.86. The molecular weight excluding hydrogens is 770 g/mol. The fourth-order valence-corrected chi connectivity index (χ4v) is 9.73. The average Bonchev–Trinajstić information content (AvgIpc) is 3.93. The Morgan fingerprint density at radius 2 is 1.72 bits per heavy atom. The molecule has 8 heterocycles. The summed E-state index contributed by atoms with van der Waals surface area (Å²) in [5, 5.41) is 9.04. The monoisotopic (exact) mass is 813 g/mol. The van der Waals surface area contributed by atoms with E-state index in [1.165, 1.54) is 17.2 Å². The zero-order valence-corrected chi connectivity index (χ0v) is 33.2. The molecule has 5 amide bonds. The van der Waals surface area contributed by atoms with Crippen LogP contribution in [0.1, 0.15) is 68.7 Å². The largest absolute Gasteiger partial charge is 0.474 e. The SMILES string of the molecule is Cc1c(N2CCc3cnc(Nc4ccc(CC(=O)N5CCC6(CCN(c7cc8c(cc7F)C(=O)N(C7CCC(=O)NC7=O)C8=O)C6)C5)cc4)cc3C2)cnc2c1NCCO2. The molecule has 16 heteroatoms. The first-order valence-corrected chi connectivity index (χ1v) is 20.6. The molecule has 0 radical (unpaired) electrons. The minimum Gasteiger partial charge on any atom is -0.474 e. The Balaban J connectivity index is 0.748. The molecule has 3 fully saturated rings. The van der Waals surface area contributed by atoms with E-state index in [2.05, 4.69) is 43.8 Å². The van der Waals surface area contributed by atoms with Crippen molar-refractivity contribution < 1.29 is 33.1 Å². The molecule has 6 aliphatic heterocycles. The number of ether oxygens (including phenoxy) is 1. The highest BCUT2D eigenvalue weighted by Crippen LogP contribution is 2.43. The first-order valence-electron chi connectivity index (χ1n) is 20.6. The first kappa shape index (κ1) is 37.7. The molecular formula is C44H44FN9O6. The van der Waals surface area contributed by atoms with E-state index in [1.54, 1.807) is 0 Å². The average molecular weight is 814 g/mol. The molecule has 60 heavy (non-hydrogen) atoms. The molecule has 2 unspecified atom stereocenters. The van der Waals surface area contributed by atoms with E-state index < -0.39 is 35.5 Å². The summed E-state index contributed by atoms with van der Waals surface area (Å²) in [7, 11) is 0. The van der Waals surface area contributed by atoms with Crippen molar-refractivity contribution in [3.8, 4) is 5.88 Å². The molecule has 4 aromatic rings. The highest BCUT2D eigenvalue weighted by Gasteiger charge is 2.48. The third kappa shape index (κ3) is 6.63. The Kier molecular flexibility index (Phi) is 9.17. The number of benzene rings is 2. The third-order valence-electron chi connectivity index (χ3n) is 13.0. The summed E-state index contributed by atoms with van der Waals surface area (Å²) in [6.45, 7) is 7.27. The van der Waals surface area contributed by atoms with Gasteiger partial charge in [-0.15, -0.1) is 0 Å². The fourth-order valence-electron chi connectivity index (χ4n) is 9.73. The number of fused-ring (bicyclic) bond motifs is 3. The summed E-state index contributed by atoms with van der Waals surface area (Å²) in [4.78, 5) is 80.5. The van der Waals surface area contributed by atoms with Gasteiger partial charge >= 0.3 is 0 Å². The number of imide groups is 2. The van der Waals surface area contributed by atoms with Gasteiger partial charge < -0.3 is 30.1 Å². The van der Waals surface area contributed by atoms with Gasteiger partial charge in [0.15, 0.2) is 0 Å². The normalized spacial score (nSPS) is 22.1. The molecule has 0 bridgehead atoms. The van der Waals surface area contributed by atoms with Crippen molar-refractivity contribution in [2.75, 3.05) is 66.3 Å². The van der Waals surface area contributed by atoms with E-state index in [-0.39, 0.29) is 47.4 Å². The van der Waals surface area contributed by atoms with Crippen molar-refractivity contribution in [2.45, 2.75) is 58.0 Å². The second-order valence-corrected chi connectivity index (χ2v) is 16.8. The molecule has 2 aromatic carbocycles. The van der Waals surface area contributed by atoms with Crippen LogP contribution in [-0.2, 0) is 33.8 Å². The van der Waals surface area contributed by atoms with Gasteiger partial charge in [-0.2, -0.15) is 0 Å².